The second kappa shape index (κ2) is 12.1. The molecular weight excluding hydrogens is 595 g/mol. The lowest BCUT2D eigenvalue weighted by molar-refractivity contribution is -0.137. The van der Waals surface area contributed by atoms with Crippen molar-refractivity contribution in [3.63, 3.8) is 0 Å². The molecule has 42 heavy (non-hydrogen) atoms. The molecule has 0 atom stereocenters. The van der Waals surface area contributed by atoms with E-state index >= 15 is 0 Å². The number of ether oxygens (including phenoxy) is 1. The average Bonchev–Trinajstić information content (AvgIpc) is 2.96. The highest BCUT2D eigenvalue weighted by Gasteiger charge is 2.33. The van der Waals surface area contributed by atoms with Crippen molar-refractivity contribution in [2.75, 3.05) is 28.0 Å². The zero-order valence-corrected chi connectivity index (χ0v) is 23.5. The van der Waals surface area contributed by atoms with Crippen molar-refractivity contribution in [2.24, 2.45) is 0 Å². The second-order valence-electron chi connectivity index (χ2n) is 8.78. The van der Waals surface area contributed by atoms with Crippen LogP contribution < -0.4 is 19.1 Å². The number of hydrogen-bond donors (Lipinski definition) is 2. The van der Waals surface area contributed by atoms with Crippen LogP contribution in [0.15, 0.2) is 113 Å². The smallest absolute Gasteiger partial charge is 0.416 e. The van der Waals surface area contributed by atoms with Crippen molar-refractivity contribution in [1.82, 2.24) is 0 Å². The number of carbonyl (C=O) groups excluding carboxylic acids is 1. The Morgan fingerprint density at radius 1 is 0.786 bits per heavy atom. The minimum atomic E-state index is -4.75. The molecular formula is C28H24F3N3O6S2. The van der Waals surface area contributed by atoms with Crippen LogP contribution in [0.2, 0.25) is 0 Å². The Bertz CT molecular complexity index is 1760. The van der Waals surface area contributed by atoms with Crippen LogP contribution in [0.3, 0.4) is 0 Å². The predicted molar refractivity (Wildman–Crippen MR) is 151 cm³/mol. The number of methoxy groups -OCH3 is 1. The molecule has 0 aliphatic carbocycles. The standard InChI is InChI=1S/C28H24F3N3O6S2/c1-40-24-14-10-22(11-15-24)33-41(36,37)25-16-12-21(13-17-25)32-27(35)19-34(42(38,39)26-8-3-2-4-9-26)23-7-5-6-20(18-23)28(29,30)31/h2-18,33H,19H2,1H3,(H,32,35). The molecule has 0 fully saturated rings. The van der Waals surface area contributed by atoms with Gasteiger partial charge in [-0.05, 0) is 78.9 Å². The van der Waals surface area contributed by atoms with Crippen LogP contribution in [0.5, 0.6) is 5.75 Å². The summed E-state index contributed by atoms with van der Waals surface area (Å²) < 4.78 is 100. The van der Waals surface area contributed by atoms with Crippen molar-refractivity contribution in [2.45, 2.75) is 16.0 Å². The van der Waals surface area contributed by atoms with Gasteiger partial charge in [-0.1, -0.05) is 24.3 Å². The zero-order valence-electron chi connectivity index (χ0n) is 21.9. The molecule has 0 aromatic heterocycles. The molecule has 1 amide bonds. The van der Waals surface area contributed by atoms with E-state index in [1.165, 1.54) is 67.8 Å². The largest absolute Gasteiger partial charge is 0.497 e. The summed E-state index contributed by atoms with van der Waals surface area (Å²) in [6, 6.07) is 21.8. The van der Waals surface area contributed by atoms with E-state index in [2.05, 4.69) is 10.0 Å². The quantitative estimate of drug-likeness (QED) is 0.247. The summed E-state index contributed by atoms with van der Waals surface area (Å²) >= 11 is 0. The number of halogens is 3. The molecule has 14 heteroatoms. The third-order valence-corrected chi connectivity index (χ3v) is 9.06. The number of anilines is 3. The molecule has 0 aliphatic heterocycles. The fourth-order valence-corrected chi connectivity index (χ4v) is 6.29. The average molecular weight is 620 g/mol. The summed E-state index contributed by atoms with van der Waals surface area (Å²) in [6.07, 6.45) is -4.75. The molecule has 0 aliphatic rings. The molecule has 0 spiro atoms. The van der Waals surface area contributed by atoms with Gasteiger partial charge in [0.1, 0.15) is 12.3 Å². The molecule has 0 bridgehead atoms. The van der Waals surface area contributed by atoms with Gasteiger partial charge < -0.3 is 10.1 Å². The van der Waals surface area contributed by atoms with Gasteiger partial charge in [-0.3, -0.25) is 13.8 Å². The third-order valence-electron chi connectivity index (χ3n) is 5.87. The number of benzene rings is 4. The highest BCUT2D eigenvalue weighted by atomic mass is 32.2. The minimum absolute atomic E-state index is 0.117. The maximum Gasteiger partial charge on any atom is 0.416 e. The van der Waals surface area contributed by atoms with Gasteiger partial charge in [-0.2, -0.15) is 13.2 Å². The molecule has 9 nitrogen and oxygen atoms in total. The van der Waals surface area contributed by atoms with Gasteiger partial charge in [0.25, 0.3) is 20.0 Å². The van der Waals surface area contributed by atoms with Crippen molar-refractivity contribution < 1.29 is 39.5 Å². The molecule has 0 radical (unpaired) electrons. The Morgan fingerprint density at radius 3 is 2.00 bits per heavy atom. The van der Waals surface area contributed by atoms with E-state index in [1.807, 2.05) is 0 Å². The lowest BCUT2D eigenvalue weighted by atomic mass is 10.2. The lowest BCUT2D eigenvalue weighted by Crippen LogP contribution is -2.38. The Kier molecular flexibility index (Phi) is 8.78. The van der Waals surface area contributed by atoms with Gasteiger partial charge in [-0.15, -0.1) is 0 Å². The number of nitrogens with one attached hydrogen (secondary N) is 2. The SMILES string of the molecule is COc1ccc(NS(=O)(=O)c2ccc(NC(=O)CN(c3cccc(C(F)(F)F)c3)S(=O)(=O)c3ccccc3)cc2)cc1. The van der Waals surface area contributed by atoms with E-state index in [0.29, 0.717) is 21.8 Å². The molecule has 2 N–H and O–H groups in total. The van der Waals surface area contributed by atoms with E-state index < -0.39 is 44.2 Å². The highest BCUT2D eigenvalue weighted by molar-refractivity contribution is 7.93. The normalized spacial score (nSPS) is 11.9. The van der Waals surface area contributed by atoms with Crippen LogP contribution in [0.4, 0.5) is 30.2 Å². The summed E-state index contributed by atoms with van der Waals surface area (Å²) in [5.41, 5.74) is -1.03. The second-order valence-corrected chi connectivity index (χ2v) is 12.3. The molecule has 4 aromatic rings. The highest BCUT2D eigenvalue weighted by Crippen LogP contribution is 2.33. The van der Waals surface area contributed by atoms with E-state index in [9.17, 15) is 34.8 Å². The molecule has 220 valence electrons. The minimum Gasteiger partial charge on any atom is -0.497 e. The first-order valence-corrected chi connectivity index (χ1v) is 15.0. The van der Waals surface area contributed by atoms with Gasteiger partial charge in [0.05, 0.1) is 28.2 Å². The summed E-state index contributed by atoms with van der Waals surface area (Å²) in [7, 11) is -6.96. The molecule has 0 saturated heterocycles. The lowest BCUT2D eigenvalue weighted by Gasteiger charge is -2.25. The summed E-state index contributed by atoms with van der Waals surface area (Å²) in [6.45, 7) is -0.863. The number of rotatable bonds is 10. The fraction of sp³-hybridized carbons (Fsp3) is 0.107. The van der Waals surface area contributed by atoms with Gasteiger partial charge in [0.15, 0.2) is 0 Å². The molecule has 0 unspecified atom stereocenters. The topological polar surface area (TPSA) is 122 Å². The van der Waals surface area contributed by atoms with Crippen molar-refractivity contribution in [1.29, 1.82) is 0 Å². The molecule has 4 aromatic carbocycles. The first-order valence-electron chi connectivity index (χ1n) is 12.1. The van der Waals surface area contributed by atoms with Gasteiger partial charge in [0, 0.05) is 11.4 Å². The first-order chi connectivity index (χ1) is 19.8. The molecule has 0 heterocycles. The maximum absolute atomic E-state index is 13.4. The Hall–Kier alpha value is -4.56. The van der Waals surface area contributed by atoms with Crippen LogP contribution >= 0.6 is 0 Å². The first kappa shape index (κ1) is 30.4. The predicted octanol–water partition coefficient (Wildman–Crippen LogP) is 5.35. The van der Waals surface area contributed by atoms with Gasteiger partial charge >= 0.3 is 6.18 Å². The van der Waals surface area contributed by atoms with Crippen LogP contribution in [0.1, 0.15) is 5.56 Å². The third kappa shape index (κ3) is 7.19. The zero-order chi connectivity index (χ0) is 30.5. The fourth-order valence-electron chi connectivity index (χ4n) is 3.79. The van der Waals surface area contributed by atoms with E-state index in [4.69, 9.17) is 4.74 Å². The van der Waals surface area contributed by atoms with Crippen molar-refractivity contribution in [3.8, 4) is 5.75 Å². The van der Waals surface area contributed by atoms with Crippen LogP contribution in [0, 0.1) is 0 Å². The van der Waals surface area contributed by atoms with Crippen molar-refractivity contribution in [3.05, 3.63) is 109 Å². The monoisotopic (exact) mass is 619 g/mol. The van der Waals surface area contributed by atoms with Crippen LogP contribution in [0.25, 0.3) is 0 Å². The van der Waals surface area contributed by atoms with Crippen LogP contribution in [-0.4, -0.2) is 36.4 Å². The summed E-state index contributed by atoms with van der Waals surface area (Å²) in [5, 5.41) is 2.46. The number of alkyl halides is 3. The van der Waals surface area contributed by atoms with Crippen molar-refractivity contribution >= 4 is 43.0 Å². The Balaban J connectivity index is 1.55. The molecule has 0 saturated carbocycles. The molecule has 4 rings (SSSR count). The number of amides is 1. The Labute approximate surface area is 240 Å². The summed E-state index contributed by atoms with van der Waals surface area (Å²) in [4.78, 5) is 12.6. The van der Waals surface area contributed by atoms with E-state index in [-0.39, 0.29) is 21.2 Å². The Morgan fingerprint density at radius 2 is 1.40 bits per heavy atom. The van der Waals surface area contributed by atoms with Crippen LogP contribution in [-0.2, 0) is 31.0 Å². The van der Waals surface area contributed by atoms with E-state index in [1.54, 1.807) is 18.2 Å². The number of carbonyl (C=O) groups is 1. The number of hydrogen-bond acceptors (Lipinski definition) is 6. The number of nitrogens with zero attached hydrogens (tertiary/aromatic N) is 1. The maximum atomic E-state index is 13.4. The number of sulfonamides is 2. The van der Waals surface area contributed by atoms with Gasteiger partial charge in [-0.25, -0.2) is 16.8 Å². The van der Waals surface area contributed by atoms with E-state index in [0.717, 1.165) is 18.2 Å². The van der Waals surface area contributed by atoms with Gasteiger partial charge in [0.2, 0.25) is 5.91 Å². The summed E-state index contributed by atoms with van der Waals surface area (Å²) in [5.74, 6) is -0.333.